The number of rotatable bonds is 3. The molecule has 0 spiro atoms. The van der Waals surface area contributed by atoms with Gasteiger partial charge in [-0.3, -0.25) is 4.39 Å². The lowest BCUT2D eigenvalue weighted by atomic mass is 10.8. The lowest BCUT2D eigenvalue weighted by Gasteiger charge is -1.93. The van der Waals surface area contributed by atoms with Gasteiger partial charge >= 0.3 is 18.3 Å². The van der Waals surface area contributed by atoms with E-state index in [4.69, 9.17) is 0 Å². The number of hydrogen-bond donors (Lipinski definition) is 0. The Bertz CT molecular complexity index is 215. The number of hydrogen-bond acceptors (Lipinski definition) is 2. The highest BCUT2D eigenvalue weighted by Gasteiger charge is 2.26. The van der Waals surface area contributed by atoms with Gasteiger partial charge in [-0.2, -0.15) is 31.3 Å². The highest BCUT2D eigenvalue weighted by molar-refractivity contribution is 4.79. The summed E-state index contributed by atoms with van der Waals surface area (Å²) >= 11 is 0. The molecule has 0 aromatic carbocycles. The van der Waals surface area contributed by atoms with E-state index < -0.39 is 45.6 Å². The Hall–Kier alpha value is -1.41. The van der Waals surface area contributed by atoms with E-state index in [1.807, 2.05) is 0 Å². The van der Waals surface area contributed by atoms with Gasteiger partial charge in [0, 0.05) is 0 Å². The van der Waals surface area contributed by atoms with Crippen LogP contribution in [-0.2, 0) is 9.68 Å². The van der Waals surface area contributed by atoms with Crippen LogP contribution in [0.5, 0.6) is 0 Å². The van der Waals surface area contributed by atoms with E-state index in [9.17, 15) is 57.2 Å². The van der Waals surface area contributed by atoms with Crippen LogP contribution < -0.4 is 0 Å². The summed E-state index contributed by atoms with van der Waals surface area (Å²) in [5.74, 6) is 0. The van der Waals surface area contributed by atoms with Crippen molar-refractivity contribution in [1.29, 1.82) is 0 Å². The Labute approximate surface area is 121 Å². The van der Waals surface area contributed by atoms with Crippen molar-refractivity contribution in [1.82, 2.24) is 0 Å². The maximum Gasteiger partial charge on any atom is 0.416 e. The monoisotopic (exact) mass is 386 g/mol. The predicted molar refractivity (Wildman–Crippen MR) is 51.7 cm³/mol. The highest BCUT2D eigenvalue weighted by atomic mass is 19.4. The molecule has 0 heterocycles. The molecule has 0 aliphatic heterocycles. The molecule has 23 heavy (non-hydrogen) atoms. The van der Waals surface area contributed by atoms with Gasteiger partial charge in [-0.15, -0.1) is 0 Å². The quantitative estimate of drug-likeness (QED) is 0.453. The molecule has 0 aliphatic rings. The van der Waals surface area contributed by atoms with Gasteiger partial charge in [0.15, 0.2) is 6.67 Å². The summed E-state index contributed by atoms with van der Waals surface area (Å²) in [7, 11) is 0.500. The van der Waals surface area contributed by atoms with Gasteiger partial charge in [-0.25, -0.2) is 22.0 Å². The zero-order chi connectivity index (χ0) is 19.9. The van der Waals surface area contributed by atoms with Crippen LogP contribution in [0.1, 0.15) is 0 Å². The highest BCUT2D eigenvalue weighted by Crippen LogP contribution is 2.13. The van der Waals surface area contributed by atoms with E-state index >= 15 is 0 Å². The molecule has 0 aromatic rings. The Morgan fingerprint density at radius 2 is 1.09 bits per heavy atom. The van der Waals surface area contributed by atoms with Crippen LogP contribution in [0.2, 0.25) is 0 Å². The van der Waals surface area contributed by atoms with Crippen LogP contribution in [0.15, 0.2) is 12.1 Å². The maximum atomic E-state index is 11.2. The van der Waals surface area contributed by atoms with E-state index in [2.05, 4.69) is 9.68 Å². The first-order valence-corrected chi connectivity index (χ1v) is 4.39. The zero-order valence-electron chi connectivity index (χ0n) is 11.1. The second kappa shape index (κ2) is 28.7. The Morgan fingerprint density at radius 1 is 0.826 bits per heavy atom. The van der Waals surface area contributed by atoms with Gasteiger partial charge < -0.3 is 4.74 Å². The molecule has 0 unspecified atom stereocenters. The van der Waals surface area contributed by atoms with E-state index in [0.29, 0.717) is 7.18 Å². The normalized spacial score (nSPS) is 8.43. The van der Waals surface area contributed by atoms with Gasteiger partial charge in [-0.1, -0.05) is 0 Å². The third kappa shape index (κ3) is 77.4. The SMILES string of the molecule is CF.FCC(F)(F)F.FCF.FCOC(F)=C(F)F.FCOF. The third-order valence-corrected chi connectivity index (χ3v) is 0.523. The van der Waals surface area contributed by atoms with Gasteiger partial charge in [0.2, 0.25) is 20.6 Å². The minimum atomic E-state index is -4.62. The molecule has 0 radical (unpaired) electrons. The van der Waals surface area contributed by atoms with Crippen molar-refractivity contribution in [2.75, 3.05) is 34.5 Å². The average Bonchev–Trinajstić information content (AvgIpc) is 2.50. The Kier molecular flexibility index (Phi) is 41.5. The summed E-state index contributed by atoms with van der Waals surface area (Å²) in [5.41, 5.74) is 0. The molecule has 0 fully saturated rings. The molecular formula is C8H11F13O2. The summed E-state index contributed by atoms with van der Waals surface area (Å²) in [6.07, 6.45) is -7.28. The predicted octanol–water partition coefficient (Wildman–Crippen LogP) is 5.77. The average molecular weight is 386 g/mol. The second-order valence-corrected chi connectivity index (χ2v) is 1.86. The number of halogens is 13. The second-order valence-electron chi connectivity index (χ2n) is 1.86. The summed E-state index contributed by atoms with van der Waals surface area (Å²) in [4.78, 5) is 2.38. The van der Waals surface area contributed by atoms with Crippen molar-refractivity contribution in [2.45, 2.75) is 6.18 Å². The van der Waals surface area contributed by atoms with Crippen LogP contribution >= 0.6 is 0 Å². The molecule has 0 amide bonds. The molecule has 0 saturated carbocycles. The van der Waals surface area contributed by atoms with Crippen molar-refractivity contribution in [3.63, 3.8) is 0 Å². The number of alkyl halides is 9. The molecule has 146 valence electrons. The summed E-state index contributed by atoms with van der Waals surface area (Å²) in [6.45, 7) is -6.91. The molecule has 0 rings (SSSR count). The molecule has 0 aromatic heterocycles. The summed E-state index contributed by atoms with van der Waals surface area (Å²) in [5, 5.41) is 0. The van der Waals surface area contributed by atoms with Crippen molar-refractivity contribution in [3.05, 3.63) is 12.1 Å². The first-order valence-electron chi connectivity index (χ1n) is 4.39. The summed E-state index contributed by atoms with van der Waals surface area (Å²) in [6, 6.07) is -2.16. The molecule has 0 bridgehead atoms. The van der Waals surface area contributed by atoms with Crippen LogP contribution in [0.4, 0.5) is 57.2 Å². The fourth-order valence-corrected chi connectivity index (χ4v) is 0.102. The van der Waals surface area contributed by atoms with Gasteiger partial charge in [0.05, 0.1) is 7.18 Å². The molecule has 2 nitrogen and oxygen atoms in total. The standard InChI is InChI=1S/C3H2F4O.C2H2F4.CH2F2O.CH2F2.CH3F/c4-1-8-3(7)2(5)6;3-1-2(4,5)6;2-1-4-3;2-1-3;1-2/h1H2;1H2;1H2;1H2;1H3. The summed E-state index contributed by atoms with van der Waals surface area (Å²) < 4.78 is 137. The Balaban J connectivity index is -0.0000000640. The van der Waals surface area contributed by atoms with E-state index in [-0.39, 0.29) is 0 Å². The zero-order valence-corrected chi connectivity index (χ0v) is 11.1. The molecule has 15 heteroatoms. The van der Waals surface area contributed by atoms with Gasteiger partial charge in [-0.05, 0) is 4.53 Å². The van der Waals surface area contributed by atoms with Crippen LogP contribution in [0.25, 0.3) is 0 Å². The largest absolute Gasteiger partial charge is 0.435 e. The van der Waals surface area contributed by atoms with Gasteiger partial charge in [0.25, 0.3) is 0 Å². The lowest BCUT2D eigenvalue weighted by molar-refractivity contribution is -0.167. The fourth-order valence-electron chi connectivity index (χ4n) is 0.102. The van der Waals surface area contributed by atoms with E-state index in [0.717, 1.165) is 0 Å². The van der Waals surface area contributed by atoms with E-state index in [1.54, 1.807) is 0 Å². The first-order chi connectivity index (χ1) is 10.6. The van der Waals surface area contributed by atoms with Crippen molar-refractivity contribution < 1.29 is 66.9 Å². The molecule has 0 aliphatic carbocycles. The van der Waals surface area contributed by atoms with Crippen LogP contribution in [0.3, 0.4) is 0 Å². The minimum absolute atomic E-state index is 0.500. The van der Waals surface area contributed by atoms with Crippen LogP contribution in [-0.4, -0.2) is 40.7 Å². The van der Waals surface area contributed by atoms with Crippen molar-refractivity contribution in [2.24, 2.45) is 0 Å². The molecular weight excluding hydrogens is 375 g/mol. The van der Waals surface area contributed by atoms with Gasteiger partial charge in [0.1, 0.15) is 0 Å². The topological polar surface area (TPSA) is 18.5 Å². The lowest BCUT2D eigenvalue weighted by Crippen LogP contribution is -2.08. The van der Waals surface area contributed by atoms with Crippen molar-refractivity contribution >= 4 is 0 Å². The number of ether oxygens (including phenoxy) is 1. The van der Waals surface area contributed by atoms with E-state index in [1.165, 1.54) is 0 Å². The third-order valence-electron chi connectivity index (χ3n) is 0.523. The maximum absolute atomic E-state index is 11.2. The minimum Gasteiger partial charge on any atom is -0.435 e. The Morgan fingerprint density at radius 3 is 1.13 bits per heavy atom. The van der Waals surface area contributed by atoms with Crippen LogP contribution in [0, 0.1) is 0 Å². The first kappa shape index (κ1) is 33.3. The van der Waals surface area contributed by atoms with Crippen molar-refractivity contribution in [3.8, 4) is 0 Å². The fraction of sp³-hybridized carbons (Fsp3) is 0.750. The molecule has 0 N–H and O–H groups in total. The smallest absolute Gasteiger partial charge is 0.416 e. The molecule has 0 saturated heterocycles. The molecule has 0 atom stereocenters.